The van der Waals surface area contributed by atoms with E-state index in [-0.39, 0.29) is 24.0 Å². The second-order valence-electron chi connectivity index (χ2n) is 8.79. The van der Waals surface area contributed by atoms with E-state index in [2.05, 4.69) is 20.8 Å². The van der Waals surface area contributed by atoms with Crippen molar-refractivity contribution in [2.24, 2.45) is 0 Å². The molecule has 0 fully saturated rings. The van der Waals surface area contributed by atoms with Gasteiger partial charge in [0.1, 0.15) is 5.75 Å². The highest BCUT2D eigenvalue weighted by molar-refractivity contribution is 7.99. The molecule has 40 heavy (non-hydrogen) atoms. The zero-order valence-electron chi connectivity index (χ0n) is 21.9. The van der Waals surface area contributed by atoms with Crippen molar-refractivity contribution in [3.63, 3.8) is 0 Å². The largest absolute Gasteiger partial charge is 0.495 e. The summed E-state index contributed by atoms with van der Waals surface area (Å²) < 4.78 is 47.3. The summed E-state index contributed by atoms with van der Waals surface area (Å²) in [5.41, 5.74) is 1.63. The summed E-state index contributed by atoms with van der Waals surface area (Å²) in [6, 6.07) is 17.3. The molecule has 2 N–H and O–H groups in total. The zero-order chi connectivity index (χ0) is 28.9. The third-order valence-corrected chi connectivity index (χ3v) is 6.84. The first kappa shape index (κ1) is 28.7. The van der Waals surface area contributed by atoms with Crippen molar-refractivity contribution in [3.05, 3.63) is 94.8 Å². The quantitative estimate of drug-likeness (QED) is 0.256. The molecule has 12 heteroatoms. The van der Waals surface area contributed by atoms with Crippen LogP contribution in [-0.2, 0) is 17.5 Å². The maximum absolute atomic E-state index is 13.4. The number of methoxy groups -OCH3 is 1. The van der Waals surface area contributed by atoms with E-state index in [9.17, 15) is 22.8 Å². The summed E-state index contributed by atoms with van der Waals surface area (Å²) in [6.07, 6.45) is -4.69. The fourth-order valence-corrected chi connectivity index (χ4v) is 4.70. The van der Waals surface area contributed by atoms with Crippen LogP contribution in [0, 0.1) is 13.8 Å². The van der Waals surface area contributed by atoms with Crippen LogP contribution >= 0.6 is 11.8 Å². The molecule has 1 heterocycles. The molecule has 0 saturated carbocycles. The fourth-order valence-electron chi connectivity index (χ4n) is 3.93. The number of benzene rings is 3. The van der Waals surface area contributed by atoms with E-state index < -0.39 is 23.2 Å². The van der Waals surface area contributed by atoms with Gasteiger partial charge in [0.15, 0.2) is 11.0 Å². The van der Waals surface area contributed by atoms with E-state index in [1.807, 2.05) is 32.0 Å². The molecule has 0 radical (unpaired) electrons. The van der Waals surface area contributed by atoms with Gasteiger partial charge in [-0.15, -0.1) is 10.2 Å². The first-order chi connectivity index (χ1) is 19.1. The predicted molar refractivity (Wildman–Crippen MR) is 146 cm³/mol. The number of aromatic nitrogens is 3. The van der Waals surface area contributed by atoms with Gasteiger partial charge in [-0.1, -0.05) is 48.2 Å². The van der Waals surface area contributed by atoms with Gasteiger partial charge in [-0.25, -0.2) is 0 Å². The van der Waals surface area contributed by atoms with E-state index in [4.69, 9.17) is 4.74 Å². The summed E-state index contributed by atoms with van der Waals surface area (Å²) >= 11 is 1.12. The van der Waals surface area contributed by atoms with E-state index >= 15 is 0 Å². The Hall–Kier alpha value is -4.32. The highest BCUT2D eigenvalue weighted by atomic mass is 32.2. The van der Waals surface area contributed by atoms with Gasteiger partial charge in [0.05, 0.1) is 36.2 Å². The van der Waals surface area contributed by atoms with Gasteiger partial charge in [-0.3, -0.25) is 14.2 Å². The molecule has 0 bridgehead atoms. The first-order valence-corrected chi connectivity index (χ1v) is 13.1. The molecule has 208 valence electrons. The number of carbonyl (C=O) groups is 2. The number of hydrogen-bond donors (Lipinski definition) is 2. The van der Waals surface area contributed by atoms with Crippen molar-refractivity contribution in [3.8, 4) is 11.4 Å². The molecular weight excluding hydrogens is 543 g/mol. The number of carbonyl (C=O) groups excluding carboxylic acids is 2. The molecular formula is C28H26F3N5O3S. The van der Waals surface area contributed by atoms with Gasteiger partial charge < -0.3 is 15.4 Å². The van der Waals surface area contributed by atoms with E-state index in [0.29, 0.717) is 22.3 Å². The number of para-hydroxylation sites is 2. The Balaban J connectivity index is 1.57. The van der Waals surface area contributed by atoms with Crippen LogP contribution in [0.1, 0.15) is 32.9 Å². The van der Waals surface area contributed by atoms with Crippen LogP contribution in [0.15, 0.2) is 71.9 Å². The third kappa shape index (κ3) is 6.63. The Morgan fingerprint density at radius 1 is 1.00 bits per heavy atom. The van der Waals surface area contributed by atoms with Gasteiger partial charge in [0.2, 0.25) is 5.91 Å². The van der Waals surface area contributed by atoms with Crippen LogP contribution in [0.4, 0.5) is 18.9 Å². The van der Waals surface area contributed by atoms with Crippen molar-refractivity contribution in [1.82, 2.24) is 20.1 Å². The Morgan fingerprint density at radius 3 is 2.48 bits per heavy atom. The monoisotopic (exact) mass is 569 g/mol. The van der Waals surface area contributed by atoms with Gasteiger partial charge >= 0.3 is 6.18 Å². The van der Waals surface area contributed by atoms with Crippen molar-refractivity contribution in [2.45, 2.75) is 31.7 Å². The molecule has 0 atom stereocenters. The maximum atomic E-state index is 13.4. The SMILES string of the molecule is COc1ccccc1-n1c(CNC(=O)c2ccccc2C(F)(F)F)nnc1SCC(=O)Nc1cc(C)ccc1C. The average molecular weight is 570 g/mol. The molecule has 2 amide bonds. The number of rotatable bonds is 9. The van der Waals surface area contributed by atoms with E-state index in [1.165, 1.54) is 19.2 Å². The highest BCUT2D eigenvalue weighted by Crippen LogP contribution is 2.32. The van der Waals surface area contributed by atoms with Crippen molar-refractivity contribution in [2.75, 3.05) is 18.2 Å². The molecule has 1 aromatic heterocycles. The number of aryl methyl sites for hydroxylation is 2. The lowest BCUT2D eigenvalue weighted by atomic mass is 10.1. The lowest BCUT2D eigenvalue weighted by Crippen LogP contribution is -2.27. The van der Waals surface area contributed by atoms with Crippen LogP contribution in [0.25, 0.3) is 5.69 Å². The number of hydrogen-bond acceptors (Lipinski definition) is 6. The lowest BCUT2D eigenvalue weighted by Gasteiger charge is -2.15. The van der Waals surface area contributed by atoms with Gasteiger partial charge in [0.25, 0.3) is 5.91 Å². The van der Waals surface area contributed by atoms with Gasteiger partial charge in [0, 0.05) is 5.69 Å². The number of anilines is 1. The standard InChI is InChI=1S/C28H26F3N5O3S/c1-17-12-13-18(2)21(14-17)33-25(37)16-40-27-35-34-24(36(27)22-10-6-7-11-23(22)39-3)15-32-26(38)19-8-4-5-9-20(19)28(29,30)31/h4-14H,15-16H2,1-3H3,(H,32,38)(H,33,37). The molecule has 0 spiro atoms. The number of nitrogens with zero attached hydrogens (tertiary/aromatic N) is 3. The van der Waals surface area contributed by atoms with E-state index in [0.717, 1.165) is 35.0 Å². The first-order valence-electron chi connectivity index (χ1n) is 12.1. The molecule has 0 unspecified atom stereocenters. The average Bonchev–Trinajstić information content (AvgIpc) is 3.34. The zero-order valence-corrected chi connectivity index (χ0v) is 22.7. The second-order valence-corrected chi connectivity index (χ2v) is 9.73. The number of ether oxygens (including phenoxy) is 1. The molecule has 0 aliphatic rings. The second kappa shape index (κ2) is 12.2. The molecule has 8 nitrogen and oxygen atoms in total. The third-order valence-electron chi connectivity index (χ3n) is 5.91. The summed E-state index contributed by atoms with van der Waals surface area (Å²) in [6.45, 7) is 3.60. The van der Waals surface area contributed by atoms with Crippen molar-refractivity contribution >= 4 is 29.3 Å². The Kier molecular flexibility index (Phi) is 8.78. The molecule has 0 aliphatic heterocycles. The van der Waals surface area contributed by atoms with Crippen molar-refractivity contribution in [1.29, 1.82) is 0 Å². The van der Waals surface area contributed by atoms with Gasteiger partial charge in [-0.05, 0) is 55.3 Å². The fraction of sp³-hybridized carbons (Fsp3) is 0.214. The summed E-state index contributed by atoms with van der Waals surface area (Å²) in [4.78, 5) is 25.5. The molecule has 3 aromatic carbocycles. The molecule has 0 saturated heterocycles. The number of nitrogens with one attached hydrogen (secondary N) is 2. The number of alkyl halides is 3. The van der Waals surface area contributed by atoms with Crippen LogP contribution in [0.2, 0.25) is 0 Å². The summed E-state index contributed by atoms with van der Waals surface area (Å²) in [7, 11) is 1.49. The smallest absolute Gasteiger partial charge is 0.417 e. The summed E-state index contributed by atoms with van der Waals surface area (Å²) in [5.74, 6) is -0.457. The minimum Gasteiger partial charge on any atom is -0.495 e. The van der Waals surface area contributed by atoms with Gasteiger partial charge in [-0.2, -0.15) is 13.2 Å². The predicted octanol–water partition coefficient (Wildman–Crippen LogP) is 5.57. The minimum absolute atomic E-state index is 0.00593. The maximum Gasteiger partial charge on any atom is 0.417 e. The van der Waals surface area contributed by atoms with Crippen LogP contribution in [0.3, 0.4) is 0 Å². The van der Waals surface area contributed by atoms with E-state index in [1.54, 1.807) is 28.8 Å². The number of amides is 2. The molecule has 0 aliphatic carbocycles. The summed E-state index contributed by atoms with van der Waals surface area (Å²) in [5, 5.41) is 14.1. The number of thioether (sulfide) groups is 1. The normalized spacial score (nSPS) is 11.2. The topological polar surface area (TPSA) is 98.1 Å². The Labute approximate surface area is 233 Å². The number of halogens is 3. The Bertz CT molecular complexity index is 1540. The van der Waals surface area contributed by atoms with Crippen LogP contribution < -0.4 is 15.4 Å². The van der Waals surface area contributed by atoms with Crippen LogP contribution in [-0.4, -0.2) is 39.4 Å². The van der Waals surface area contributed by atoms with Crippen molar-refractivity contribution < 1.29 is 27.5 Å². The minimum atomic E-state index is -4.69. The highest BCUT2D eigenvalue weighted by Gasteiger charge is 2.35. The lowest BCUT2D eigenvalue weighted by molar-refractivity contribution is -0.138. The molecule has 4 rings (SSSR count). The molecule has 4 aromatic rings. The Morgan fingerprint density at radius 2 is 1.73 bits per heavy atom. The van der Waals surface area contributed by atoms with Crippen LogP contribution in [0.5, 0.6) is 5.75 Å².